The first-order valence-electron chi connectivity index (χ1n) is 5.41. The first-order valence-corrected chi connectivity index (χ1v) is 5.41. The summed E-state index contributed by atoms with van der Waals surface area (Å²) in [4.78, 5) is 31.7. The number of benzene rings is 1. The molecular formula is C12H11NO7. The van der Waals surface area contributed by atoms with Crippen molar-refractivity contribution in [2.75, 3.05) is 13.2 Å². The minimum Gasteiger partial charge on any atom is -0.459 e. The van der Waals surface area contributed by atoms with Crippen LogP contribution in [0.3, 0.4) is 0 Å². The second-order valence-electron chi connectivity index (χ2n) is 3.32. The van der Waals surface area contributed by atoms with Crippen LogP contribution in [-0.2, 0) is 14.3 Å². The number of nitrogens with zero attached hydrogens (tertiary/aromatic N) is 1. The maximum absolute atomic E-state index is 11.2. The third-order valence-corrected chi connectivity index (χ3v) is 1.96. The van der Waals surface area contributed by atoms with Crippen molar-refractivity contribution in [1.82, 2.24) is 0 Å². The highest BCUT2D eigenvalue weighted by Crippen LogP contribution is 2.17. The van der Waals surface area contributed by atoms with Crippen LogP contribution in [-0.4, -0.2) is 30.3 Å². The quantitative estimate of drug-likeness (QED) is 0.195. The summed E-state index contributed by atoms with van der Waals surface area (Å²) in [7, 11) is 0. The lowest BCUT2D eigenvalue weighted by molar-refractivity contribution is -0.384. The predicted molar refractivity (Wildman–Crippen MR) is 66.2 cm³/mol. The molecule has 0 N–H and O–H groups in total. The Labute approximate surface area is 113 Å². The topological polar surface area (TPSA) is 105 Å². The summed E-state index contributed by atoms with van der Waals surface area (Å²) < 4.78 is 13.9. The Morgan fingerprint density at radius 3 is 2.35 bits per heavy atom. The Bertz CT molecular complexity index is 509. The first-order chi connectivity index (χ1) is 9.52. The third-order valence-electron chi connectivity index (χ3n) is 1.96. The zero-order chi connectivity index (χ0) is 15.0. The van der Waals surface area contributed by atoms with Crippen LogP contribution in [0.4, 0.5) is 10.5 Å². The van der Waals surface area contributed by atoms with Gasteiger partial charge >= 0.3 is 12.1 Å². The van der Waals surface area contributed by atoms with E-state index >= 15 is 0 Å². The molecule has 8 heteroatoms. The lowest BCUT2D eigenvalue weighted by Gasteiger charge is -2.05. The van der Waals surface area contributed by atoms with Crippen LogP contribution in [0.15, 0.2) is 36.9 Å². The summed E-state index contributed by atoms with van der Waals surface area (Å²) in [5.41, 5.74) is -0.123. The van der Waals surface area contributed by atoms with E-state index in [1.54, 1.807) is 0 Å². The van der Waals surface area contributed by atoms with E-state index < -0.39 is 17.0 Å². The third kappa shape index (κ3) is 5.17. The maximum atomic E-state index is 11.2. The number of rotatable bonds is 6. The number of hydrogen-bond donors (Lipinski definition) is 0. The molecule has 0 aliphatic carbocycles. The number of non-ortho nitro benzene ring substituents is 1. The Morgan fingerprint density at radius 2 is 1.80 bits per heavy atom. The van der Waals surface area contributed by atoms with Crippen molar-refractivity contribution >= 4 is 17.8 Å². The van der Waals surface area contributed by atoms with Gasteiger partial charge in [-0.05, 0) is 12.1 Å². The van der Waals surface area contributed by atoms with Gasteiger partial charge in [-0.3, -0.25) is 10.1 Å². The predicted octanol–water partition coefficient (Wildman–Crippen LogP) is 1.84. The fraction of sp³-hybridized carbons (Fsp3) is 0.167. The smallest absolute Gasteiger partial charge is 0.459 e. The molecule has 0 spiro atoms. The number of ether oxygens (including phenoxy) is 3. The summed E-state index contributed by atoms with van der Waals surface area (Å²) >= 11 is 0. The summed E-state index contributed by atoms with van der Waals surface area (Å²) in [6.07, 6.45) is -0.0247. The highest BCUT2D eigenvalue weighted by Gasteiger charge is 2.09. The summed E-state index contributed by atoms with van der Waals surface area (Å²) in [5.74, 6) is -0.527. The lowest BCUT2D eigenvalue weighted by atomic mass is 10.3. The van der Waals surface area contributed by atoms with Crippen LogP contribution >= 0.6 is 0 Å². The molecule has 1 rings (SSSR count). The Balaban J connectivity index is 2.33. The van der Waals surface area contributed by atoms with Gasteiger partial charge in [0.05, 0.1) is 4.92 Å². The minimum absolute atomic E-state index is 0.101. The molecule has 8 nitrogen and oxygen atoms in total. The van der Waals surface area contributed by atoms with E-state index in [1.165, 1.54) is 24.3 Å². The van der Waals surface area contributed by atoms with Crippen molar-refractivity contribution in [1.29, 1.82) is 0 Å². The standard InChI is InChI=1S/C12H11NO7/c1-2-11(14)18-7-8-19-12(15)20-10-5-3-9(4-6-10)13(16)17/h2-6H,1,7-8H2. The SMILES string of the molecule is C=CC(=O)OCCOC(=O)Oc1ccc([N+](=O)[O-])cc1. The minimum atomic E-state index is -1.01. The van der Waals surface area contributed by atoms with Crippen molar-refractivity contribution in [2.24, 2.45) is 0 Å². The molecule has 0 unspecified atom stereocenters. The average Bonchev–Trinajstić information content (AvgIpc) is 2.43. The van der Waals surface area contributed by atoms with Gasteiger partial charge in [0.25, 0.3) is 5.69 Å². The molecule has 0 aromatic heterocycles. The van der Waals surface area contributed by atoms with Gasteiger partial charge in [0.15, 0.2) is 0 Å². The van der Waals surface area contributed by atoms with Crippen molar-refractivity contribution in [3.05, 3.63) is 47.0 Å². The fourth-order valence-electron chi connectivity index (χ4n) is 1.09. The second kappa shape index (κ2) is 7.52. The van der Waals surface area contributed by atoms with Crippen LogP contribution in [0.25, 0.3) is 0 Å². The Kier molecular flexibility index (Phi) is 5.70. The fourth-order valence-corrected chi connectivity index (χ4v) is 1.09. The highest BCUT2D eigenvalue weighted by molar-refractivity contribution is 5.81. The molecule has 0 fully saturated rings. The molecule has 1 aromatic carbocycles. The van der Waals surface area contributed by atoms with E-state index in [2.05, 4.69) is 16.1 Å². The lowest BCUT2D eigenvalue weighted by Crippen LogP contribution is -2.15. The maximum Gasteiger partial charge on any atom is 0.513 e. The van der Waals surface area contributed by atoms with Crippen molar-refractivity contribution in [3.63, 3.8) is 0 Å². The molecule has 0 amide bonds. The zero-order valence-corrected chi connectivity index (χ0v) is 10.3. The summed E-state index contributed by atoms with van der Waals surface area (Å²) in [6, 6.07) is 4.90. The monoisotopic (exact) mass is 281 g/mol. The van der Waals surface area contributed by atoms with E-state index in [1.807, 2.05) is 0 Å². The van der Waals surface area contributed by atoms with E-state index in [0.717, 1.165) is 6.08 Å². The van der Waals surface area contributed by atoms with Gasteiger partial charge in [-0.2, -0.15) is 0 Å². The van der Waals surface area contributed by atoms with E-state index in [0.29, 0.717) is 0 Å². The molecule has 0 saturated carbocycles. The van der Waals surface area contributed by atoms with Crippen LogP contribution in [0.1, 0.15) is 0 Å². The highest BCUT2D eigenvalue weighted by atomic mass is 16.7. The van der Waals surface area contributed by atoms with Gasteiger partial charge in [-0.15, -0.1) is 0 Å². The van der Waals surface area contributed by atoms with Crippen LogP contribution in [0, 0.1) is 10.1 Å². The van der Waals surface area contributed by atoms with Gasteiger partial charge in [-0.25, -0.2) is 9.59 Å². The Hall–Kier alpha value is -2.90. The van der Waals surface area contributed by atoms with Crippen molar-refractivity contribution < 1.29 is 28.7 Å². The summed E-state index contributed by atoms with van der Waals surface area (Å²) in [6.45, 7) is 2.89. The molecule has 0 radical (unpaired) electrons. The average molecular weight is 281 g/mol. The number of hydrogen-bond acceptors (Lipinski definition) is 7. The van der Waals surface area contributed by atoms with Crippen molar-refractivity contribution in [3.8, 4) is 5.75 Å². The molecule has 0 saturated heterocycles. The van der Waals surface area contributed by atoms with Crippen LogP contribution in [0.5, 0.6) is 5.75 Å². The zero-order valence-electron chi connectivity index (χ0n) is 10.3. The normalized spacial score (nSPS) is 9.40. The number of carbonyl (C=O) groups is 2. The van der Waals surface area contributed by atoms with Gasteiger partial charge in [0, 0.05) is 18.2 Å². The van der Waals surface area contributed by atoms with E-state index in [-0.39, 0.29) is 24.7 Å². The van der Waals surface area contributed by atoms with E-state index in [9.17, 15) is 19.7 Å². The molecule has 0 aliphatic rings. The number of esters is 1. The Morgan fingerprint density at radius 1 is 1.20 bits per heavy atom. The molecular weight excluding hydrogens is 270 g/mol. The molecule has 20 heavy (non-hydrogen) atoms. The number of nitro groups is 1. The molecule has 0 bridgehead atoms. The van der Waals surface area contributed by atoms with Crippen LogP contribution < -0.4 is 4.74 Å². The molecule has 0 atom stereocenters. The van der Waals surface area contributed by atoms with E-state index in [4.69, 9.17) is 4.74 Å². The molecule has 1 aromatic rings. The number of carbonyl (C=O) groups excluding carboxylic acids is 2. The number of nitro benzene ring substituents is 1. The van der Waals surface area contributed by atoms with Gasteiger partial charge in [0.2, 0.25) is 0 Å². The molecule has 106 valence electrons. The van der Waals surface area contributed by atoms with Gasteiger partial charge in [0.1, 0.15) is 19.0 Å². The first kappa shape index (κ1) is 15.2. The summed E-state index contributed by atoms with van der Waals surface area (Å²) in [5, 5.41) is 10.4. The van der Waals surface area contributed by atoms with Gasteiger partial charge in [-0.1, -0.05) is 6.58 Å². The molecule has 0 aliphatic heterocycles. The second-order valence-corrected chi connectivity index (χ2v) is 3.32. The molecule has 0 heterocycles. The van der Waals surface area contributed by atoms with Crippen molar-refractivity contribution in [2.45, 2.75) is 0 Å². The van der Waals surface area contributed by atoms with Gasteiger partial charge < -0.3 is 14.2 Å². The van der Waals surface area contributed by atoms with Crippen LogP contribution in [0.2, 0.25) is 0 Å². The largest absolute Gasteiger partial charge is 0.513 e.